The number of amides is 1. The molecule has 3 aromatic rings. The molecule has 0 spiro atoms. The Morgan fingerprint density at radius 1 is 0.821 bits per heavy atom. The van der Waals surface area contributed by atoms with Crippen molar-refractivity contribution < 1.29 is 89.9 Å². The van der Waals surface area contributed by atoms with Crippen LogP contribution in [0.25, 0.3) is 11.8 Å². The normalized spacial score (nSPS) is 14.9. The molecule has 192 valence electrons. The SMILES string of the molecule is CC1=NN(c2ccc(S(=O)(=O)[O-])cc2)C(=O)C1=CC=Cc1c(C)[nH]n(-c2ccc(S(=O)(=O)[O-])cc2)c1=O.[Na+].[Na+]. The molecule has 4 rings (SSSR count). The first kappa shape index (κ1) is 33.1. The Balaban J connectivity index is 0.00000267. The van der Waals surface area contributed by atoms with E-state index in [1.807, 2.05) is 0 Å². The van der Waals surface area contributed by atoms with E-state index in [1.165, 1.54) is 47.2 Å². The maximum absolute atomic E-state index is 12.9. The summed E-state index contributed by atoms with van der Waals surface area (Å²) in [5, 5.41) is 8.11. The monoisotopic (exact) mass is 588 g/mol. The number of hydrogen-bond acceptors (Lipinski definition) is 9. The Morgan fingerprint density at radius 2 is 1.31 bits per heavy atom. The first-order valence-corrected chi connectivity index (χ1v) is 13.3. The average molecular weight is 589 g/mol. The molecule has 2 heterocycles. The number of aromatic amines is 1. The zero-order valence-electron chi connectivity index (χ0n) is 21.3. The molecule has 0 bridgehead atoms. The fourth-order valence-electron chi connectivity index (χ4n) is 3.58. The van der Waals surface area contributed by atoms with Gasteiger partial charge in [-0.05, 0) is 74.5 Å². The van der Waals surface area contributed by atoms with Gasteiger partial charge in [-0.3, -0.25) is 14.7 Å². The third kappa shape index (κ3) is 7.16. The van der Waals surface area contributed by atoms with Gasteiger partial charge >= 0.3 is 59.1 Å². The molecule has 1 N–H and O–H groups in total. The van der Waals surface area contributed by atoms with Crippen molar-refractivity contribution in [2.75, 3.05) is 5.01 Å². The maximum atomic E-state index is 12.9. The summed E-state index contributed by atoms with van der Waals surface area (Å²) < 4.78 is 67.9. The van der Waals surface area contributed by atoms with Crippen LogP contribution in [0.2, 0.25) is 0 Å². The number of aryl methyl sites for hydroxylation is 1. The quantitative estimate of drug-likeness (QED) is 0.170. The summed E-state index contributed by atoms with van der Waals surface area (Å²) in [7, 11) is -9.24. The number of carbonyl (C=O) groups is 1. The van der Waals surface area contributed by atoms with Gasteiger partial charge in [-0.15, -0.1) is 0 Å². The van der Waals surface area contributed by atoms with Crippen LogP contribution in [0.1, 0.15) is 18.2 Å². The van der Waals surface area contributed by atoms with Gasteiger partial charge in [-0.2, -0.15) is 10.1 Å². The molecular formula is C23H18N4Na2O8S2. The summed E-state index contributed by atoms with van der Waals surface area (Å²) >= 11 is 0. The van der Waals surface area contributed by atoms with E-state index in [2.05, 4.69) is 10.2 Å². The molecule has 0 unspecified atom stereocenters. The van der Waals surface area contributed by atoms with Crippen molar-refractivity contribution in [1.29, 1.82) is 0 Å². The van der Waals surface area contributed by atoms with E-state index < -0.39 is 41.5 Å². The number of benzene rings is 2. The third-order valence-corrected chi connectivity index (χ3v) is 7.16. The molecule has 16 heteroatoms. The number of hydrogen-bond donors (Lipinski definition) is 1. The number of H-pyrrole nitrogens is 1. The molecule has 1 amide bonds. The Labute approximate surface area is 268 Å². The van der Waals surface area contributed by atoms with Gasteiger partial charge in [0.15, 0.2) is 0 Å². The molecular weight excluding hydrogens is 570 g/mol. The van der Waals surface area contributed by atoms with Crippen molar-refractivity contribution in [2.24, 2.45) is 5.10 Å². The molecule has 0 saturated carbocycles. The van der Waals surface area contributed by atoms with Crippen LogP contribution in [-0.2, 0) is 25.0 Å². The number of nitrogens with zero attached hydrogens (tertiary/aromatic N) is 3. The van der Waals surface area contributed by atoms with Crippen LogP contribution in [-0.4, -0.2) is 47.3 Å². The van der Waals surface area contributed by atoms with Crippen molar-refractivity contribution in [3.8, 4) is 5.69 Å². The Morgan fingerprint density at radius 3 is 1.79 bits per heavy atom. The van der Waals surface area contributed by atoms with Crippen LogP contribution in [0.5, 0.6) is 0 Å². The summed E-state index contributed by atoms with van der Waals surface area (Å²) in [6, 6.07) is 9.62. The van der Waals surface area contributed by atoms with Crippen molar-refractivity contribution in [3.05, 3.63) is 87.9 Å². The molecule has 0 fully saturated rings. The number of anilines is 1. The topological polar surface area (TPSA) is 185 Å². The predicted molar refractivity (Wildman–Crippen MR) is 131 cm³/mol. The van der Waals surface area contributed by atoms with E-state index >= 15 is 0 Å². The molecule has 0 atom stereocenters. The Kier molecular flexibility index (Phi) is 10.7. The first-order chi connectivity index (χ1) is 17.3. The fraction of sp³-hybridized carbons (Fsp3) is 0.0870. The molecule has 39 heavy (non-hydrogen) atoms. The number of hydrazone groups is 1. The van der Waals surface area contributed by atoms with E-state index in [1.54, 1.807) is 13.8 Å². The van der Waals surface area contributed by atoms with Crippen LogP contribution in [0.3, 0.4) is 0 Å². The second-order valence-corrected chi connectivity index (χ2v) is 10.7. The zero-order valence-corrected chi connectivity index (χ0v) is 26.9. The standard InChI is InChI=1S/C23H20N4O8S2.2Na/c1-14-20(22(28)26(24-14)16-6-10-18(11-7-16)36(30,31)32)4-3-5-21-15(2)25-27(23(21)29)17-8-12-19(13-9-17)37(33,34)35;;/h3-13,24H,1-2H3,(H,30,31,32)(H,33,34,35);;/q;2*+1/p-2. The van der Waals surface area contributed by atoms with Crippen LogP contribution >= 0.6 is 0 Å². The van der Waals surface area contributed by atoms with Crippen molar-refractivity contribution in [3.63, 3.8) is 0 Å². The maximum Gasteiger partial charge on any atom is 1.00 e. The van der Waals surface area contributed by atoms with E-state index in [0.717, 1.165) is 29.3 Å². The summed E-state index contributed by atoms with van der Waals surface area (Å²) in [5.41, 5.74) is 1.54. The van der Waals surface area contributed by atoms with Crippen molar-refractivity contribution >= 4 is 43.6 Å². The van der Waals surface area contributed by atoms with Crippen molar-refractivity contribution in [2.45, 2.75) is 23.6 Å². The van der Waals surface area contributed by atoms with Crippen LogP contribution in [0.15, 0.2) is 85.9 Å². The molecule has 1 aliphatic rings. The summed E-state index contributed by atoms with van der Waals surface area (Å²) in [6.45, 7) is 3.26. The second kappa shape index (κ2) is 12.6. The van der Waals surface area contributed by atoms with Gasteiger partial charge in [-0.25, -0.2) is 21.5 Å². The number of aromatic nitrogens is 2. The van der Waals surface area contributed by atoms with E-state index in [0.29, 0.717) is 17.1 Å². The van der Waals surface area contributed by atoms with Crippen LogP contribution in [0, 0.1) is 6.92 Å². The Hall–Kier alpha value is -2.11. The van der Waals surface area contributed by atoms with Crippen LogP contribution in [0.4, 0.5) is 5.69 Å². The predicted octanol–water partition coefficient (Wildman–Crippen LogP) is -4.35. The fourth-order valence-corrected chi connectivity index (χ4v) is 4.52. The first-order valence-electron chi connectivity index (χ1n) is 10.5. The minimum Gasteiger partial charge on any atom is -0.744 e. The summed E-state index contributed by atoms with van der Waals surface area (Å²) in [4.78, 5) is 24.9. The van der Waals surface area contributed by atoms with Gasteiger partial charge in [0.2, 0.25) is 0 Å². The van der Waals surface area contributed by atoms with Gasteiger partial charge < -0.3 is 9.11 Å². The van der Waals surface area contributed by atoms with Gasteiger partial charge in [0.1, 0.15) is 20.2 Å². The van der Waals surface area contributed by atoms with Gasteiger partial charge in [-0.1, -0.05) is 6.08 Å². The number of rotatable bonds is 6. The molecule has 1 aromatic heterocycles. The van der Waals surface area contributed by atoms with Gasteiger partial charge in [0.05, 0.1) is 38.0 Å². The zero-order chi connectivity index (χ0) is 27.1. The molecule has 2 aromatic carbocycles. The molecule has 0 aliphatic carbocycles. The largest absolute Gasteiger partial charge is 1.00 e. The minimum absolute atomic E-state index is 0. The van der Waals surface area contributed by atoms with E-state index in [-0.39, 0.29) is 75.9 Å². The average Bonchev–Trinajstić information content (AvgIpc) is 3.28. The number of nitrogens with one attached hydrogen (secondary N) is 1. The number of carbonyl (C=O) groups excluding carboxylic acids is 1. The van der Waals surface area contributed by atoms with E-state index in [4.69, 9.17) is 0 Å². The Bertz CT molecular complexity index is 1770. The minimum atomic E-state index is -4.62. The second-order valence-electron chi connectivity index (χ2n) is 7.93. The van der Waals surface area contributed by atoms with E-state index in [9.17, 15) is 35.5 Å². The smallest absolute Gasteiger partial charge is 0.744 e. The summed E-state index contributed by atoms with van der Waals surface area (Å²) in [5.74, 6) is -0.489. The summed E-state index contributed by atoms with van der Waals surface area (Å²) in [6.07, 6.45) is 4.46. The van der Waals surface area contributed by atoms with Crippen molar-refractivity contribution in [1.82, 2.24) is 9.78 Å². The molecule has 0 radical (unpaired) electrons. The van der Waals surface area contributed by atoms with Gasteiger partial charge in [0, 0.05) is 5.69 Å². The molecule has 0 saturated heterocycles. The van der Waals surface area contributed by atoms with Gasteiger partial charge in [0.25, 0.3) is 11.5 Å². The molecule has 12 nitrogen and oxygen atoms in total. The molecule has 1 aliphatic heterocycles. The van der Waals surface area contributed by atoms with Crippen LogP contribution < -0.4 is 69.7 Å². The third-order valence-electron chi connectivity index (χ3n) is 5.46. The number of allylic oxidation sites excluding steroid dienone is 2.